The van der Waals surface area contributed by atoms with Gasteiger partial charge in [-0.2, -0.15) is 0 Å². The fourth-order valence-corrected chi connectivity index (χ4v) is 2.19. The molecule has 0 saturated carbocycles. The van der Waals surface area contributed by atoms with Gasteiger partial charge in [0.15, 0.2) is 0 Å². The van der Waals surface area contributed by atoms with Crippen molar-refractivity contribution in [2.24, 2.45) is 0 Å². The summed E-state index contributed by atoms with van der Waals surface area (Å²) in [6.45, 7) is 2.87. The van der Waals surface area contributed by atoms with Crippen molar-refractivity contribution in [3.8, 4) is 5.88 Å². The van der Waals surface area contributed by atoms with E-state index in [2.05, 4.69) is 20.5 Å². The third-order valence-corrected chi connectivity index (χ3v) is 3.43. The second-order valence-electron chi connectivity index (χ2n) is 5.52. The van der Waals surface area contributed by atoms with E-state index in [0.29, 0.717) is 19.0 Å². The molecule has 2 N–H and O–H groups in total. The Balaban J connectivity index is 0.00000242. The van der Waals surface area contributed by atoms with E-state index < -0.39 is 0 Å². The van der Waals surface area contributed by atoms with Crippen LogP contribution < -0.4 is 15.4 Å². The van der Waals surface area contributed by atoms with Gasteiger partial charge >= 0.3 is 0 Å². The summed E-state index contributed by atoms with van der Waals surface area (Å²) in [6, 6.07) is 3.72. The zero-order chi connectivity index (χ0) is 15.1. The Labute approximate surface area is 138 Å². The van der Waals surface area contributed by atoms with Crippen LogP contribution in [0.4, 0.5) is 0 Å². The van der Waals surface area contributed by atoms with E-state index in [9.17, 15) is 4.79 Å². The molecule has 1 amide bonds. The predicted molar refractivity (Wildman–Crippen MR) is 88.4 cm³/mol. The molecule has 1 aliphatic rings. The Morgan fingerprint density at radius 2 is 2.36 bits per heavy atom. The maximum atomic E-state index is 11.9. The molecule has 0 aliphatic carbocycles. The van der Waals surface area contributed by atoms with E-state index in [1.165, 1.54) is 0 Å². The number of nitrogens with zero attached hydrogens (tertiary/aromatic N) is 2. The third kappa shape index (κ3) is 6.17. The first-order chi connectivity index (χ1) is 10.1. The molecule has 1 aromatic heterocycles. The highest BCUT2D eigenvalue weighted by atomic mass is 35.5. The summed E-state index contributed by atoms with van der Waals surface area (Å²) in [6.07, 6.45) is 3.69. The fourth-order valence-electron chi connectivity index (χ4n) is 2.19. The lowest BCUT2D eigenvalue weighted by Crippen LogP contribution is -2.40. The van der Waals surface area contributed by atoms with E-state index in [0.717, 1.165) is 31.5 Å². The van der Waals surface area contributed by atoms with Crippen molar-refractivity contribution >= 4 is 18.3 Å². The van der Waals surface area contributed by atoms with Crippen molar-refractivity contribution in [3.63, 3.8) is 0 Å². The van der Waals surface area contributed by atoms with Crippen LogP contribution in [0.5, 0.6) is 5.88 Å². The summed E-state index contributed by atoms with van der Waals surface area (Å²) < 4.78 is 5.59. The van der Waals surface area contributed by atoms with Crippen molar-refractivity contribution in [3.05, 3.63) is 23.9 Å². The van der Waals surface area contributed by atoms with Crippen molar-refractivity contribution in [1.82, 2.24) is 20.5 Å². The summed E-state index contributed by atoms with van der Waals surface area (Å²) in [5, 5.41) is 6.14. The van der Waals surface area contributed by atoms with Crippen LogP contribution in [0.25, 0.3) is 0 Å². The van der Waals surface area contributed by atoms with Crippen LogP contribution >= 0.6 is 12.4 Å². The Hall–Kier alpha value is -1.37. The van der Waals surface area contributed by atoms with E-state index >= 15 is 0 Å². The van der Waals surface area contributed by atoms with Crippen molar-refractivity contribution < 1.29 is 9.53 Å². The first kappa shape index (κ1) is 18.7. The van der Waals surface area contributed by atoms with Crippen LogP contribution in [-0.4, -0.2) is 55.6 Å². The molecule has 1 unspecified atom stereocenters. The minimum absolute atomic E-state index is 0. The minimum Gasteiger partial charge on any atom is -0.476 e. The van der Waals surface area contributed by atoms with Gasteiger partial charge < -0.3 is 20.3 Å². The maximum Gasteiger partial charge on any atom is 0.237 e. The molecule has 1 aliphatic heterocycles. The fraction of sp³-hybridized carbons (Fsp3) is 0.600. The van der Waals surface area contributed by atoms with Crippen molar-refractivity contribution in [2.45, 2.75) is 25.4 Å². The molecule has 2 rings (SSSR count). The molecule has 0 radical (unpaired) electrons. The zero-order valence-corrected chi connectivity index (χ0v) is 14.0. The molecular weight excluding hydrogens is 304 g/mol. The number of pyridine rings is 1. The van der Waals surface area contributed by atoms with Gasteiger partial charge in [-0.05, 0) is 45.1 Å². The van der Waals surface area contributed by atoms with Gasteiger partial charge in [-0.3, -0.25) is 4.79 Å². The van der Waals surface area contributed by atoms with Crippen LogP contribution in [0.1, 0.15) is 18.4 Å². The molecule has 22 heavy (non-hydrogen) atoms. The monoisotopic (exact) mass is 328 g/mol. The van der Waals surface area contributed by atoms with Crippen molar-refractivity contribution in [2.75, 3.05) is 33.8 Å². The van der Waals surface area contributed by atoms with Gasteiger partial charge in [-0.1, -0.05) is 0 Å². The Kier molecular flexibility index (Phi) is 8.16. The SMILES string of the molecule is CN(C)CCOc1cc(CNC(=O)C2CCCN2)ccn1.Cl. The Morgan fingerprint density at radius 3 is 3.05 bits per heavy atom. The molecule has 124 valence electrons. The molecule has 6 nitrogen and oxygen atoms in total. The predicted octanol–water partition coefficient (Wildman–Crippen LogP) is 0.812. The second kappa shape index (κ2) is 9.61. The largest absolute Gasteiger partial charge is 0.476 e. The van der Waals surface area contributed by atoms with E-state index in [1.54, 1.807) is 6.20 Å². The number of likely N-dealkylation sites (N-methyl/N-ethyl adjacent to an activating group) is 1. The van der Waals surface area contributed by atoms with Gasteiger partial charge in [-0.15, -0.1) is 12.4 Å². The summed E-state index contributed by atoms with van der Waals surface area (Å²) in [7, 11) is 4.00. The van der Waals surface area contributed by atoms with Crippen LogP contribution in [0.15, 0.2) is 18.3 Å². The molecule has 1 fully saturated rings. The first-order valence-corrected chi connectivity index (χ1v) is 7.39. The quantitative estimate of drug-likeness (QED) is 0.775. The van der Waals surface area contributed by atoms with Gasteiger partial charge in [0.25, 0.3) is 0 Å². The average molecular weight is 329 g/mol. The number of carbonyl (C=O) groups is 1. The summed E-state index contributed by atoms with van der Waals surface area (Å²) >= 11 is 0. The highest BCUT2D eigenvalue weighted by Gasteiger charge is 2.21. The number of halogens is 1. The number of amides is 1. The molecular formula is C15H25ClN4O2. The van der Waals surface area contributed by atoms with Gasteiger partial charge in [0.2, 0.25) is 11.8 Å². The first-order valence-electron chi connectivity index (χ1n) is 7.39. The average Bonchev–Trinajstić information content (AvgIpc) is 2.99. The summed E-state index contributed by atoms with van der Waals surface area (Å²) in [5.41, 5.74) is 0.996. The maximum absolute atomic E-state index is 11.9. The minimum atomic E-state index is -0.0392. The topological polar surface area (TPSA) is 66.5 Å². The zero-order valence-electron chi connectivity index (χ0n) is 13.2. The Bertz CT molecular complexity index is 465. The highest BCUT2D eigenvalue weighted by molar-refractivity contribution is 5.85. The number of hydrogen-bond donors (Lipinski definition) is 2. The number of carbonyl (C=O) groups excluding carboxylic acids is 1. The summed E-state index contributed by atoms with van der Waals surface area (Å²) in [4.78, 5) is 18.2. The molecule has 1 atom stereocenters. The normalized spacial score (nSPS) is 17.1. The van der Waals surface area contributed by atoms with E-state index in [-0.39, 0.29) is 24.4 Å². The van der Waals surface area contributed by atoms with Gasteiger partial charge in [0.05, 0.1) is 6.04 Å². The number of ether oxygens (including phenoxy) is 1. The smallest absolute Gasteiger partial charge is 0.237 e. The second-order valence-corrected chi connectivity index (χ2v) is 5.52. The van der Waals surface area contributed by atoms with Crippen LogP contribution in [-0.2, 0) is 11.3 Å². The Morgan fingerprint density at radius 1 is 1.55 bits per heavy atom. The molecule has 2 heterocycles. The van der Waals surface area contributed by atoms with Gasteiger partial charge in [-0.25, -0.2) is 4.98 Å². The highest BCUT2D eigenvalue weighted by Crippen LogP contribution is 2.10. The molecule has 0 bridgehead atoms. The van der Waals surface area contributed by atoms with Crippen LogP contribution in [0, 0.1) is 0 Å². The molecule has 1 saturated heterocycles. The van der Waals surface area contributed by atoms with Gasteiger partial charge in [0.1, 0.15) is 6.61 Å². The summed E-state index contributed by atoms with van der Waals surface area (Å²) in [5.74, 6) is 0.668. The van der Waals surface area contributed by atoms with Crippen LogP contribution in [0.3, 0.4) is 0 Å². The van der Waals surface area contributed by atoms with E-state index in [4.69, 9.17) is 4.74 Å². The number of hydrogen-bond acceptors (Lipinski definition) is 5. The number of nitrogens with one attached hydrogen (secondary N) is 2. The molecule has 0 aromatic carbocycles. The number of aromatic nitrogens is 1. The lowest BCUT2D eigenvalue weighted by molar-refractivity contribution is -0.122. The molecule has 7 heteroatoms. The molecule has 1 aromatic rings. The van der Waals surface area contributed by atoms with E-state index in [1.807, 2.05) is 26.2 Å². The molecule has 0 spiro atoms. The lowest BCUT2D eigenvalue weighted by atomic mass is 10.2. The number of rotatable bonds is 7. The van der Waals surface area contributed by atoms with Gasteiger partial charge in [0, 0.05) is 25.4 Å². The van der Waals surface area contributed by atoms with Crippen molar-refractivity contribution in [1.29, 1.82) is 0 Å². The third-order valence-electron chi connectivity index (χ3n) is 3.43. The lowest BCUT2D eigenvalue weighted by Gasteiger charge is -2.12. The van der Waals surface area contributed by atoms with Crippen LogP contribution in [0.2, 0.25) is 0 Å². The standard InChI is InChI=1S/C15H24N4O2.ClH/c1-19(2)8-9-21-14-10-12(5-7-17-14)11-18-15(20)13-4-3-6-16-13;/h5,7,10,13,16H,3-4,6,8-9,11H2,1-2H3,(H,18,20);1H.